The van der Waals surface area contributed by atoms with Crippen molar-refractivity contribution >= 4 is 0 Å². The summed E-state index contributed by atoms with van der Waals surface area (Å²) < 4.78 is 4.67. The molecule has 6 heavy (non-hydrogen) atoms. The fourth-order valence-electron chi connectivity index (χ4n) is 0.259. The molecule has 3 heteroatoms. The molecule has 0 N–H and O–H groups in total. The molecule has 0 aliphatic carbocycles. The molecule has 0 amide bonds. The predicted molar refractivity (Wildman–Crippen MR) is 19.7 cm³/mol. The molecule has 0 radical (unpaired) electrons. The first kappa shape index (κ1) is 4.05. The summed E-state index contributed by atoms with van der Waals surface area (Å²) >= 11 is 0. The Morgan fingerprint density at radius 1 is 2.00 bits per heavy atom. The van der Waals surface area contributed by atoms with Gasteiger partial charge in [-0.2, -0.15) is 0 Å². The average Bonchev–Trinajstić information content (AvgIpc) is 2.21. The van der Waals surface area contributed by atoms with Gasteiger partial charge < -0.3 is 4.74 Å². The van der Waals surface area contributed by atoms with Crippen LogP contribution in [0.1, 0.15) is 0 Å². The van der Waals surface area contributed by atoms with Crippen molar-refractivity contribution in [2.24, 2.45) is 0 Å². The Hall–Kier alpha value is -0.120. The molecule has 3 nitrogen and oxygen atoms in total. The summed E-state index contributed by atoms with van der Waals surface area (Å²) in [5.74, 6) is 0. The van der Waals surface area contributed by atoms with Gasteiger partial charge in [-0.25, -0.2) is 0 Å². The Morgan fingerprint density at radius 2 is 2.67 bits per heavy atom. The third kappa shape index (κ3) is 0.931. The van der Waals surface area contributed by atoms with Crippen molar-refractivity contribution in [3.05, 3.63) is 0 Å². The number of nitrogens with zero attached hydrogens (tertiary/aromatic N) is 1. The Labute approximate surface area is 36.4 Å². The molecule has 1 aliphatic rings. The van der Waals surface area contributed by atoms with Crippen LogP contribution in [-0.4, -0.2) is 25.6 Å². The number of hydrogen-bond acceptors (Lipinski definition) is 3. The van der Waals surface area contributed by atoms with E-state index >= 15 is 0 Å². The van der Waals surface area contributed by atoms with Crippen molar-refractivity contribution in [2.75, 3.05) is 20.6 Å². The van der Waals surface area contributed by atoms with Crippen LogP contribution in [0.5, 0.6) is 0 Å². The van der Waals surface area contributed by atoms with E-state index in [1.165, 1.54) is 0 Å². The van der Waals surface area contributed by atoms with Gasteiger partial charge in [0.1, 0.15) is 13.5 Å². The molecule has 0 saturated carbocycles. The summed E-state index contributed by atoms with van der Waals surface area (Å²) in [6.45, 7) is 1.33. The topological polar surface area (TPSA) is 24.8 Å². The maximum atomic E-state index is 4.67. The lowest BCUT2D eigenvalue weighted by Crippen LogP contribution is -1.98. The Kier molecular flexibility index (Phi) is 1.05. The zero-order chi connectivity index (χ0) is 4.41. The van der Waals surface area contributed by atoms with E-state index in [-0.39, 0.29) is 0 Å². The first-order chi connectivity index (χ1) is 2.93. The Balaban J connectivity index is 1.88. The minimum Gasteiger partial charge on any atom is -0.367 e. The van der Waals surface area contributed by atoms with Crippen LogP contribution < -0.4 is 0 Å². The highest BCUT2D eigenvalue weighted by molar-refractivity contribution is 4.33. The highest BCUT2D eigenvalue weighted by atomic mass is 16.8. The number of hydrogen-bond donors (Lipinski definition) is 0. The van der Waals surface area contributed by atoms with Gasteiger partial charge in [-0.1, -0.05) is 0 Å². The zero-order valence-corrected chi connectivity index (χ0v) is 3.68. The molecular weight excluding hydrogens is 82.0 g/mol. The molecule has 0 aromatic carbocycles. The van der Waals surface area contributed by atoms with Gasteiger partial charge in [0.25, 0.3) is 0 Å². The van der Waals surface area contributed by atoms with E-state index in [1.54, 1.807) is 12.2 Å². The minimum absolute atomic E-state index is 0.597. The zero-order valence-electron chi connectivity index (χ0n) is 3.68. The van der Waals surface area contributed by atoms with E-state index in [2.05, 4.69) is 9.57 Å². The van der Waals surface area contributed by atoms with Crippen molar-refractivity contribution < 1.29 is 9.57 Å². The van der Waals surface area contributed by atoms with Crippen LogP contribution >= 0.6 is 0 Å². The normalized spacial score (nSPS) is 30.5. The maximum absolute atomic E-state index is 4.67. The molecular formula is C3H7NO2. The van der Waals surface area contributed by atoms with Crippen molar-refractivity contribution in [1.82, 2.24) is 5.06 Å². The second-order valence-corrected chi connectivity index (χ2v) is 1.16. The minimum atomic E-state index is 0.597. The van der Waals surface area contributed by atoms with Crippen LogP contribution in [-0.2, 0) is 9.57 Å². The lowest BCUT2D eigenvalue weighted by molar-refractivity contribution is 0.0479. The number of methoxy groups -OCH3 is 1. The van der Waals surface area contributed by atoms with E-state index < -0.39 is 0 Å². The van der Waals surface area contributed by atoms with Gasteiger partial charge in [-0.3, -0.25) is 4.84 Å². The van der Waals surface area contributed by atoms with Crippen molar-refractivity contribution in [3.8, 4) is 0 Å². The molecule has 36 valence electrons. The smallest absolute Gasteiger partial charge is 0.147 e. The molecule has 1 fully saturated rings. The maximum Gasteiger partial charge on any atom is 0.147 e. The van der Waals surface area contributed by atoms with Crippen LogP contribution in [0.4, 0.5) is 0 Å². The van der Waals surface area contributed by atoms with Gasteiger partial charge in [-0.05, 0) is 0 Å². The van der Waals surface area contributed by atoms with Crippen LogP contribution in [0.2, 0.25) is 0 Å². The van der Waals surface area contributed by atoms with Gasteiger partial charge in [0.15, 0.2) is 0 Å². The van der Waals surface area contributed by atoms with Crippen LogP contribution in [0.15, 0.2) is 0 Å². The fraction of sp³-hybridized carbons (Fsp3) is 1.00. The predicted octanol–water partition coefficient (Wildman–Crippen LogP) is -0.205. The fourth-order valence-corrected chi connectivity index (χ4v) is 0.259. The molecule has 1 heterocycles. The van der Waals surface area contributed by atoms with Gasteiger partial charge in [0.2, 0.25) is 0 Å². The molecule has 1 atom stereocenters. The summed E-state index contributed by atoms with van der Waals surface area (Å²) in [5.41, 5.74) is 0. The van der Waals surface area contributed by atoms with Crippen LogP contribution in [0, 0.1) is 0 Å². The Bertz CT molecular complexity index is 44.1. The molecule has 1 rings (SSSR count). The standard InChI is InChI=1S/C3H7NO2/c1-5-2-4-3-6-4/h2-3H2,1H3. The largest absolute Gasteiger partial charge is 0.367 e. The molecule has 1 aliphatic heterocycles. The van der Waals surface area contributed by atoms with E-state index in [9.17, 15) is 0 Å². The first-order valence-corrected chi connectivity index (χ1v) is 1.80. The van der Waals surface area contributed by atoms with Gasteiger partial charge >= 0.3 is 0 Å². The molecule has 0 spiro atoms. The Morgan fingerprint density at radius 3 is 2.83 bits per heavy atom. The number of hydroxylamine groups is 2. The van der Waals surface area contributed by atoms with Crippen LogP contribution in [0.3, 0.4) is 0 Å². The number of ether oxygens (including phenoxy) is 1. The molecule has 0 bridgehead atoms. The van der Waals surface area contributed by atoms with E-state index in [0.29, 0.717) is 6.73 Å². The van der Waals surface area contributed by atoms with Gasteiger partial charge in [0.05, 0.1) is 0 Å². The molecule has 1 saturated heterocycles. The third-order valence-corrected chi connectivity index (χ3v) is 0.585. The summed E-state index contributed by atoms with van der Waals surface area (Å²) in [7, 11) is 1.64. The SMILES string of the molecule is COCN1CO1. The first-order valence-electron chi connectivity index (χ1n) is 1.80. The van der Waals surface area contributed by atoms with E-state index in [1.807, 2.05) is 0 Å². The van der Waals surface area contributed by atoms with Crippen LogP contribution in [0.25, 0.3) is 0 Å². The third-order valence-electron chi connectivity index (χ3n) is 0.585. The highest BCUT2D eigenvalue weighted by Crippen LogP contribution is 2.03. The quantitative estimate of drug-likeness (QED) is 0.438. The lowest BCUT2D eigenvalue weighted by Gasteiger charge is -1.87. The molecule has 1 unspecified atom stereocenters. The lowest BCUT2D eigenvalue weighted by atomic mass is 11.1. The molecule has 0 aromatic heterocycles. The van der Waals surface area contributed by atoms with E-state index in [0.717, 1.165) is 6.73 Å². The summed E-state index contributed by atoms with van der Waals surface area (Å²) in [6, 6.07) is 0. The second kappa shape index (κ2) is 1.55. The van der Waals surface area contributed by atoms with Crippen molar-refractivity contribution in [3.63, 3.8) is 0 Å². The average molecular weight is 89.1 g/mol. The van der Waals surface area contributed by atoms with Crippen molar-refractivity contribution in [2.45, 2.75) is 0 Å². The van der Waals surface area contributed by atoms with Gasteiger partial charge in [-0.15, -0.1) is 5.06 Å². The van der Waals surface area contributed by atoms with Crippen molar-refractivity contribution in [1.29, 1.82) is 0 Å². The summed E-state index contributed by atoms with van der Waals surface area (Å²) in [4.78, 5) is 4.66. The molecule has 0 aromatic rings. The van der Waals surface area contributed by atoms with E-state index in [4.69, 9.17) is 0 Å². The summed E-state index contributed by atoms with van der Waals surface area (Å²) in [5, 5.41) is 1.71. The summed E-state index contributed by atoms with van der Waals surface area (Å²) in [6.07, 6.45) is 0. The monoisotopic (exact) mass is 89.0 g/mol. The highest BCUT2D eigenvalue weighted by Gasteiger charge is 2.16. The van der Waals surface area contributed by atoms with Gasteiger partial charge in [0, 0.05) is 7.11 Å². The second-order valence-electron chi connectivity index (χ2n) is 1.16. The number of rotatable bonds is 2.